The number of pyridine rings is 4. The summed E-state index contributed by atoms with van der Waals surface area (Å²) in [6.07, 6.45) is 5.42. The fraction of sp³-hybridized carbons (Fsp3) is 0.0455. The van der Waals surface area contributed by atoms with Gasteiger partial charge in [0, 0.05) is 29.8 Å². The number of H-pyrrole nitrogens is 1. The highest BCUT2D eigenvalue weighted by Gasteiger charge is 2.18. The van der Waals surface area contributed by atoms with E-state index in [1.54, 1.807) is 12.4 Å². The fourth-order valence-electron chi connectivity index (χ4n) is 3.26. The van der Waals surface area contributed by atoms with Gasteiger partial charge in [-0.3, -0.25) is 20.1 Å². The molecule has 0 aromatic carbocycles. The van der Waals surface area contributed by atoms with Gasteiger partial charge in [-0.15, -0.1) is 0 Å². The third-order valence-electron chi connectivity index (χ3n) is 4.66. The Balaban J connectivity index is 1.65. The summed E-state index contributed by atoms with van der Waals surface area (Å²) in [4.78, 5) is 18.2. The maximum absolute atomic E-state index is 4.90. The molecule has 7 heteroatoms. The predicted molar refractivity (Wildman–Crippen MR) is 121 cm³/mol. The van der Waals surface area contributed by atoms with Gasteiger partial charge in [-0.05, 0) is 77.5 Å². The molecule has 5 heterocycles. The Labute approximate surface area is 180 Å². The number of aromatic nitrogens is 6. The van der Waals surface area contributed by atoms with Crippen LogP contribution in [-0.4, -0.2) is 30.1 Å². The zero-order valence-corrected chi connectivity index (χ0v) is 17.6. The Bertz CT molecular complexity index is 1330. The maximum Gasteiger partial charge on any atom is 0.121 e. The molecular weight excluding hydrogens is 475 g/mol. The van der Waals surface area contributed by atoms with Crippen LogP contribution in [0.2, 0.25) is 0 Å². The van der Waals surface area contributed by atoms with E-state index < -0.39 is 0 Å². The number of fused-ring (bicyclic) bond motifs is 1. The van der Waals surface area contributed by atoms with Crippen molar-refractivity contribution in [3.05, 3.63) is 76.5 Å². The van der Waals surface area contributed by atoms with Crippen LogP contribution in [0, 0.1) is 10.6 Å². The van der Waals surface area contributed by atoms with Crippen LogP contribution < -0.4 is 0 Å². The molecule has 0 amide bonds. The second kappa shape index (κ2) is 7.32. The van der Waals surface area contributed by atoms with Gasteiger partial charge in [0.2, 0.25) is 0 Å². The molecule has 5 aromatic rings. The van der Waals surface area contributed by atoms with Crippen LogP contribution in [0.1, 0.15) is 5.69 Å². The third kappa shape index (κ3) is 3.38. The van der Waals surface area contributed by atoms with Crippen LogP contribution in [-0.2, 0) is 0 Å². The van der Waals surface area contributed by atoms with E-state index in [2.05, 4.69) is 53.8 Å². The van der Waals surface area contributed by atoms with Crippen molar-refractivity contribution >= 4 is 33.6 Å². The van der Waals surface area contributed by atoms with E-state index in [0.29, 0.717) is 0 Å². The van der Waals surface area contributed by atoms with E-state index in [-0.39, 0.29) is 0 Å². The first-order valence-electron chi connectivity index (χ1n) is 9.04. The summed E-state index contributed by atoms with van der Waals surface area (Å²) in [6, 6.07) is 15.9. The quantitative estimate of drug-likeness (QED) is 0.358. The minimum Gasteiger partial charge on any atom is -0.271 e. The van der Waals surface area contributed by atoms with Crippen molar-refractivity contribution < 1.29 is 0 Å². The SMILES string of the molecule is Cc1cccc(-c2n[nH]c(I)c2-c2ccc3ncc(-c4ccncc4)cc3n2)n1. The molecule has 5 rings (SSSR count). The number of hydrogen-bond acceptors (Lipinski definition) is 5. The molecule has 0 spiro atoms. The zero-order valence-electron chi connectivity index (χ0n) is 15.5. The van der Waals surface area contributed by atoms with Crippen molar-refractivity contribution in [1.82, 2.24) is 30.1 Å². The highest BCUT2D eigenvalue weighted by molar-refractivity contribution is 14.1. The second-order valence-corrected chi connectivity index (χ2v) is 7.70. The maximum atomic E-state index is 4.90. The molecule has 5 aromatic heterocycles. The van der Waals surface area contributed by atoms with E-state index in [1.807, 2.05) is 55.6 Å². The predicted octanol–water partition coefficient (Wildman–Crippen LogP) is 5.06. The summed E-state index contributed by atoms with van der Waals surface area (Å²) in [7, 11) is 0. The molecule has 0 atom stereocenters. The lowest BCUT2D eigenvalue weighted by Gasteiger charge is -2.07. The first-order valence-corrected chi connectivity index (χ1v) is 10.1. The van der Waals surface area contributed by atoms with Crippen molar-refractivity contribution in [3.63, 3.8) is 0 Å². The number of nitrogens with one attached hydrogen (secondary N) is 1. The average Bonchev–Trinajstić information content (AvgIpc) is 3.15. The van der Waals surface area contributed by atoms with E-state index in [4.69, 9.17) is 4.98 Å². The lowest BCUT2D eigenvalue weighted by atomic mass is 10.1. The molecule has 1 N–H and O–H groups in total. The molecule has 0 radical (unpaired) electrons. The molecule has 140 valence electrons. The number of rotatable bonds is 3. The first-order chi connectivity index (χ1) is 14.2. The van der Waals surface area contributed by atoms with Gasteiger partial charge in [-0.2, -0.15) is 5.10 Å². The summed E-state index contributed by atoms with van der Waals surface area (Å²) in [5, 5.41) is 7.56. The molecule has 0 aliphatic rings. The number of nitrogens with zero attached hydrogens (tertiary/aromatic N) is 5. The normalized spacial score (nSPS) is 11.1. The second-order valence-electron chi connectivity index (χ2n) is 6.62. The van der Waals surface area contributed by atoms with Crippen molar-refractivity contribution in [2.24, 2.45) is 0 Å². The van der Waals surface area contributed by atoms with E-state index in [0.717, 1.165) is 54.2 Å². The van der Waals surface area contributed by atoms with Gasteiger partial charge in [0.1, 0.15) is 9.39 Å². The molecule has 29 heavy (non-hydrogen) atoms. The van der Waals surface area contributed by atoms with Gasteiger partial charge >= 0.3 is 0 Å². The van der Waals surface area contributed by atoms with Crippen molar-refractivity contribution in [2.75, 3.05) is 0 Å². The Morgan fingerprint density at radius 2 is 1.72 bits per heavy atom. The molecule has 6 nitrogen and oxygen atoms in total. The van der Waals surface area contributed by atoms with Crippen molar-refractivity contribution in [1.29, 1.82) is 0 Å². The Kier molecular flexibility index (Phi) is 4.51. The number of hydrogen-bond donors (Lipinski definition) is 1. The Morgan fingerprint density at radius 3 is 2.55 bits per heavy atom. The smallest absolute Gasteiger partial charge is 0.121 e. The number of aryl methyl sites for hydroxylation is 1. The molecule has 0 aliphatic heterocycles. The molecule has 0 aliphatic carbocycles. The number of halogens is 1. The Hall–Kier alpha value is -3.20. The van der Waals surface area contributed by atoms with Crippen LogP contribution in [0.15, 0.2) is 67.1 Å². The highest BCUT2D eigenvalue weighted by atomic mass is 127. The molecule has 0 unspecified atom stereocenters. The first kappa shape index (κ1) is 17.9. The van der Waals surface area contributed by atoms with Crippen LogP contribution >= 0.6 is 22.6 Å². The van der Waals surface area contributed by atoms with E-state index in [1.165, 1.54) is 0 Å². The van der Waals surface area contributed by atoms with E-state index >= 15 is 0 Å². The van der Waals surface area contributed by atoms with Gasteiger partial charge in [-0.25, -0.2) is 4.98 Å². The van der Waals surface area contributed by atoms with Gasteiger partial charge in [0.05, 0.1) is 28.0 Å². The lowest BCUT2D eigenvalue weighted by molar-refractivity contribution is 1.06. The third-order valence-corrected chi connectivity index (χ3v) is 5.44. The van der Waals surface area contributed by atoms with Crippen LogP contribution in [0.5, 0.6) is 0 Å². The van der Waals surface area contributed by atoms with E-state index in [9.17, 15) is 0 Å². The van der Waals surface area contributed by atoms with Crippen LogP contribution in [0.25, 0.3) is 44.8 Å². The summed E-state index contributed by atoms with van der Waals surface area (Å²) in [6.45, 7) is 1.97. The summed E-state index contributed by atoms with van der Waals surface area (Å²) in [5.41, 5.74) is 8.09. The zero-order chi connectivity index (χ0) is 19.8. The summed E-state index contributed by atoms with van der Waals surface area (Å²) >= 11 is 2.25. The van der Waals surface area contributed by atoms with Crippen LogP contribution in [0.4, 0.5) is 0 Å². The minimum atomic E-state index is 0.795. The average molecular weight is 490 g/mol. The summed E-state index contributed by atoms with van der Waals surface area (Å²) in [5.74, 6) is 0. The van der Waals surface area contributed by atoms with Gasteiger partial charge in [0.15, 0.2) is 0 Å². The molecule has 0 saturated heterocycles. The standard InChI is InChI=1S/C22H15IN6/c1-13-3-2-4-18(26-13)21-20(22(23)29-28-21)17-6-5-16-19(27-17)11-15(12-25-16)14-7-9-24-10-8-14/h2-12H,1H3,(H,28,29). The van der Waals surface area contributed by atoms with Crippen molar-refractivity contribution in [2.45, 2.75) is 6.92 Å². The topological polar surface area (TPSA) is 80.2 Å². The van der Waals surface area contributed by atoms with Gasteiger partial charge in [0.25, 0.3) is 0 Å². The highest BCUT2D eigenvalue weighted by Crippen LogP contribution is 2.33. The monoisotopic (exact) mass is 490 g/mol. The Morgan fingerprint density at radius 1 is 0.862 bits per heavy atom. The van der Waals surface area contributed by atoms with Crippen LogP contribution in [0.3, 0.4) is 0 Å². The summed E-state index contributed by atoms with van der Waals surface area (Å²) < 4.78 is 0.922. The minimum absolute atomic E-state index is 0.795. The molecule has 0 fully saturated rings. The lowest BCUT2D eigenvalue weighted by Crippen LogP contribution is -1.93. The fourth-order valence-corrected chi connectivity index (χ4v) is 3.92. The number of aromatic amines is 1. The van der Waals surface area contributed by atoms with Crippen molar-refractivity contribution in [3.8, 4) is 33.8 Å². The van der Waals surface area contributed by atoms with Gasteiger partial charge < -0.3 is 0 Å². The molecule has 0 saturated carbocycles. The molecule has 0 bridgehead atoms. The largest absolute Gasteiger partial charge is 0.271 e. The van der Waals surface area contributed by atoms with Gasteiger partial charge in [-0.1, -0.05) is 6.07 Å². The molecular formula is C22H15IN6.